The molecule has 0 amide bonds. The van der Waals surface area contributed by atoms with Crippen molar-refractivity contribution in [2.45, 2.75) is 6.36 Å². The smallest absolute Gasteiger partial charge is 0.465 e. The lowest BCUT2D eigenvalue weighted by molar-refractivity contribution is -0.274. The summed E-state index contributed by atoms with van der Waals surface area (Å²) in [4.78, 5) is 11.0. The molecule has 0 aliphatic rings. The second-order valence-corrected chi connectivity index (χ2v) is 2.45. The van der Waals surface area contributed by atoms with E-state index in [9.17, 15) is 18.0 Å². The van der Waals surface area contributed by atoms with E-state index >= 15 is 0 Å². The van der Waals surface area contributed by atoms with Crippen LogP contribution in [0.4, 0.5) is 13.2 Å². The number of rotatable bonds is 2. The molecule has 0 bridgehead atoms. The molecule has 81 valence electrons. The van der Waals surface area contributed by atoms with E-state index in [0.29, 0.717) is 0 Å². The SMILES string of the molecule is COC(=O)c1[c]cccc1OC(F)(F)F. The van der Waals surface area contributed by atoms with Gasteiger partial charge in [0.2, 0.25) is 0 Å². The van der Waals surface area contributed by atoms with Gasteiger partial charge in [0, 0.05) is 6.07 Å². The van der Waals surface area contributed by atoms with Crippen molar-refractivity contribution in [3.05, 3.63) is 29.8 Å². The molecule has 0 atom stereocenters. The molecule has 0 aliphatic carbocycles. The maximum Gasteiger partial charge on any atom is 0.573 e. The molecule has 0 fully saturated rings. The summed E-state index contributed by atoms with van der Waals surface area (Å²) in [5.41, 5.74) is -0.391. The zero-order valence-corrected chi connectivity index (χ0v) is 7.59. The third-order valence-electron chi connectivity index (χ3n) is 1.43. The summed E-state index contributed by atoms with van der Waals surface area (Å²) in [5, 5.41) is 0. The lowest BCUT2D eigenvalue weighted by atomic mass is 10.2. The average Bonchev–Trinajstić information content (AvgIpc) is 2.15. The van der Waals surface area contributed by atoms with Crippen molar-refractivity contribution in [1.29, 1.82) is 0 Å². The van der Waals surface area contributed by atoms with Crippen molar-refractivity contribution < 1.29 is 27.4 Å². The Balaban J connectivity index is 3.02. The minimum Gasteiger partial charge on any atom is -0.465 e. The summed E-state index contributed by atoms with van der Waals surface area (Å²) in [7, 11) is 1.06. The Morgan fingerprint density at radius 3 is 2.67 bits per heavy atom. The van der Waals surface area contributed by atoms with Crippen molar-refractivity contribution in [2.75, 3.05) is 7.11 Å². The molecule has 0 spiro atoms. The van der Waals surface area contributed by atoms with Gasteiger partial charge in [-0.05, 0) is 6.07 Å². The second kappa shape index (κ2) is 4.20. The summed E-state index contributed by atoms with van der Waals surface area (Å²) in [6.45, 7) is 0. The molecule has 1 rings (SSSR count). The van der Waals surface area contributed by atoms with Crippen LogP contribution in [0.2, 0.25) is 0 Å². The highest BCUT2D eigenvalue weighted by Crippen LogP contribution is 2.26. The maximum atomic E-state index is 11.9. The van der Waals surface area contributed by atoms with Crippen molar-refractivity contribution >= 4 is 5.97 Å². The molecular formula is C9H6F3O3. The molecule has 0 aromatic heterocycles. The van der Waals surface area contributed by atoms with E-state index in [-0.39, 0.29) is 0 Å². The van der Waals surface area contributed by atoms with Gasteiger partial charge in [0.25, 0.3) is 0 Å². The van der Waals surface area contributed by atoms with Gasteiger partial charge in [-0.2, -0.15) is 0 Å². The molecule has 0 unspecified atom stereocenters. The van der Waals surface area contributed by atoms with Gasteiger partial charge in [0.05, 0.1) is 7.11 Å². The molecule has 3 nitrogen and oxygen atoms in total. The van der Waals surface area contributed by atoms with E-state index in [4.69, 9.17) is 0 Å². The molecular weight excluding hydrogens is 213 g/mol. The van der Waals surface area contributed by atoms with Crippen LogP contribution in [0.3, 0.4) is 0 Å². The highest BCUT2D eigenvalue weighted by molar-refractivity contribution is 5.92. The van der Waals surface area contributed by atoms with E-state index in [1.807, 2.05) is 0 Å². The number of hydrogen-bond donors (Lipinski definition) is 0. The fraction of sp³-hybridized carbons (Fsp3) is 0.222. The Bertz CT molecular complexity index is 360. The quantitative estimate of drug-likeness (QED) is 0.715. The molecule has 0 saturated heterocycles. The Morgan fingerprint density at radius 1 is 1.47 bits per heavy atom. The fourth-order valence-corrected chi connectivity index (χ4v) is 0.893. The van der Waals surface area contributed by atoms with Gasteiger partial charge in [-0.15, -0.1) is 13.2 Å². The van der Waals surface area contributed by atoms with E-state index in [1.54, 1.807) is 0 Å². The van der Waals surface area contributed by atoms with Gasteiger partial charge in [-0.1, -0.05) is 12.1 Å². The van der Waals surface area contributed by atoms with Gasteiger partial charge < -0.3 is 9.47 Å². The lowest BCUT2D eigenvalue weighted by Gasteiger charge is -2.11. The van der Waals surface area contributed by atoms with E-state index in [1.165, 1.54) is 12.1 Å². The van der Waals surface area contributed by atoms with Crippen molar-refractivity contribution in [3.8, 4) is 5.75 Å². The first kappa shape index (κ1) is 11.4. The predicted molar refractivity (Wildman–Crippen MR) is 43.3 cm³/mol. The van der Waals surface area contributed by atoms with Crippen LogP contribution < -0.4 is 4.74 Å². The van der Waals surface area contributed by atoms with Gasteiger partial charge >= 0.3 is 12.3 Å². The topological polar surface area (TPSA) is 35.5 Å². The maximum absolute atomic E-state index is 11.9. The summed E-state index contributed by atoms with van der Waals surface area (Å²) in [5.74, 6) is -1.56. The predicted octanol–water partition coefficient (Wildman–Crippen LogP) is 2.17. The van der Waals surface area contributed by atoms with Crippen molar-refractivity contribution in [3.63, 3.8) is 0 Å². The van der Waals surface area contributed by atoms with Crippen LogP contribution in [-0.2, 0) is 4.74 Å². The van der Waals surface area contributed by atoms with Gasteiger partial charge in [0.1, 0.15) is 11.3 Å². The number of alkyl halides is 3. The number of esters is 1. The number of halogens is 3. The van der Waals surface area contributed by atoms with Gasteiger partial charge in [0.15, 0.2) is 0 Å². The Morgan fingerprint density at radius 2 is 2.13 bits per heavy atom. The number of hydrogen-bond acceptors (Lipinski definition) is 3. The van der Waals surface area contributed by atoms with E-state index < -0.39 is 23.6 Å². The Labute approximate surface area is 83.4 Å². The highest BCUT2D eigenvalue weighted by Gasteiger charge is 2.33. The standard InChI is InChI=1S/C9H6F3O3/c1-14-8(13)6-4-2-3-5-7(6)15-9(10,11)12/h2-3,5H,1H3. The van der Waals surface area contributed by atoms with Crippen LogP contribution in [0, 0.1) is 6.07 Å². The number of ether oxygens (including phenoxy) is 2. The number of carbonyl (C=O) groups excluding carboxylic acids is 1. The summed E-state index contributed by atoms with van der Waals surface area (Å²) < 4.78 is 43.6. The third kappa shape index (κ3) is 3.16. The number of methoxy groups -OCH3 is 1. The van der Waals surface area contributed by atoms with Crippen LogP contribution in [0.1, 0.15) is 10.4 Å². The lowest BCUT2D eigenvalue weighted by Crippen LogP contribution is -2.19. The normalized spacial score (nSPS) is 10.9. The van der Waals surface area contributed by atoms with Crippen LogP contribution in [0.15, 0.2) is 18.2 Å². The minimum absolute atomic E-state index is 0.391. The Hall–Kier alpha value is -1.72. The van der Waals surface area contributed by atoms with Gasteiger partial charge in [-0.25, -0.2) is 4.79 Å². The zero-order chi connectivity index (χ0) is 11.5. The number of carbonyl (C=O) groups is 1. The summed E-state index contributed by atoms with van der Waals surface area (Å²) in [6, 6.07) is 5.88. The first-order chi connectivity index (χ1) is 6.94. The van der Waals surface area contributed by atoms with Gasteiger partial charge in [-0.3, -0.25) is 0 Å². The summed E-state index contributed by atoms with van der Waals surface area (Å²) in [6.07, 6.45) is -4.85. The average molecular weight is 219 g/mol. The van der Waals surface area contributed by atoms with E-state index in [0.717, 1.165) is 13.2 Å². The number of benzene rings is 1. The molecule has 1 aromatic carbocycles. The highest BCUT2D eigenvalue weighted by atomic mass is 19.4. The molecule has 0 aliphatic heterocycles. The first-order valence-electron chi connectivity index (χ1n) is 3.79. The summed E-state index contributed by atoms with van der Waals surface area (Å²) >= 11 is 0. The van der Waals surface area contributed by atoms with Crippen LogP contribution in [0.5, 0.6) is 5.75 Å². The molecule has 6 heteroatoms. The van der Waals surface area contributed by atoms with Crippen LogP contribution in [0.25, 0.3) is 0 Å². The van der Waals surface area contributed by atoms with Crippen LogP contribution in [-0.4, -0.2) is 19.4 Å². The van der Waals surface area contributed by atoms with Crippen molar-refractivity contribution in [2.24, 2.45) is 0 Å². The van der Waals surface area contributed by atoms with Crippen LogP contribution >= 0.6 is 0 Å². The molecule has 15 heavy (non-hydrogen) atoms. The first-order valence-corrected chi connectivity index (χ1v) is 3.79. The molecule has 0 heterocycles. The molecule has 1 aromatic rings. The zero-order valence-electron chi connectivity index (χ0n) is 7.59. The molecule has 1 radical (unpaired) electrons. The van der Waals surface area contributed by atoms with Crippen molar-refractivity contribution in [1.82, 2.24) is 0 Å². The largest absolute Gasteiger partial charge is 0.573 e. The third-order valence-corrected chi connectivity index (χ3v) is 1.43. The minimum atomic E-state index is -4.85. The fourth-order valence-electron chi connectivity index (χ4n) is 0.893. The molecule has 0 N–H and O–H groups in total. The Kier molecular flexibility index (Phi) is 3.18. The monoisotopic (exact) mass is 219 g/mol. The second-order valence-electron chi connectivity index (χ2n) is 2.45. The molecule has 0 saturated carbocycles. The van der Waals surface area contributed by atoms with E-state index in [2.05, 4.69) is 15.5 Å².